The molecule has 1 N–H and O–H groups in total. The van der Waals surface area contributed by atoms with Gasteiger partial charge < -0.3 is 9.15 Å². The number of aryl methyl sites for hydroxylation is 2. The number of halogens is 2. The number of anilines is 1. The molecule has 0 saturated carbocycles. The average Bonchev–Trinajstić information content (AvgIpc) is 3.13. The highest BCUT2D eigenvalue weighted by molar-refractivity contribution is 7.17. The van der Waals surface area contributed by atoms with Crippen molar-refractivity contribution in [2.45, 2.75) is 13.8 Å². The van der Waals surface area contributed by atoms with Crippen molar-refractivity contribution in [3.05, 3.63) is 74.0 Å². The standard InChI is InChI=1S/C22H17Cl2N3O3S/c1-11-8-19-15(9-16(11)24)17(10-18(30-19)13-4-6-14(23)7-5-13)26-27-22-25-12(2)20(31-22)21(28)29-3/h4-10H,1-3H3,(H,25,27). The monoisotopic (exact) mass is 473 g/mol. The van der Waals surface area contributed by atoms with Gasteiger partial charge in [-0.05, 0) is 55.8 Å². The van der Waals surface area contributed by atoms with Gasteiger partial charge in [-0.2, -0.15) is 5.10 Å². The third-order valence-corrected chi connectivity index (χ3v) is 6.29. The Labute approximate surface area is 192 Å². The second kappa shape index (κ2) is 8.70. The largest absolute Gasteiger partial charge is 0.465 e. The molecule has 2 heterocycles. The van der Waals surface area contributed by atoms with E-state index >= 15 is 0 Å². The summed E-state index contributed by atoms with van der Waals surface area (Å²) in [6, 6.07) is 12.8. The quantitative estimate of drug-likeness (QED) is 0.282. The van der Waals surface area contributed by atoms with Crippen LogP contribution in [-0.4, -0.2) is 18.1 Å². The third kappa shape index (κ3) is 4.44. The minimum Gasteiger partial charge on any atom is -0.465 e. The first-order chi connectivity index (χ1) is 14.9. The lowest BCUT2D eigenvalue weighted by Crippen LogP contribution is -2.07. The zero-order valence-electron chi connectivity index (χ0n) is 16.8. The Morgan fingerprint density at radius 3 is 2.61 bits per heavy atom. The van der Waals surface area contributed by atoms with Crippen LogP contribution >= 0.6 is 34.5 Å². The molecule has 0 saturated heterocycles. The van der Waals surface area contributed by atoms with Gasteiger partial charge in [0.2, 0.25) is 5.13 Å². The predicted octanol–water partition coefficient (Wildman–Crippen LogP) is 6.19. The van der Waals surface area contributed by atoms with Crippen LogP contribution in [0.2, 0.25) is 10.0 Å². The first-order valence-electron chi connectivity index (χ1n) is 9.21. The lowest BCUT2D eigenvalue weighted by molar-refractivity contribution is 0.0605. The fourth-order valence-corrected chi connectivity index (χ4v) is 4.09. The van der Waals surface area contributed by atoms with Gasteiger partial charge in [-0.15, -0.1) is 0 Å². The summed E-state index contributed by atoms with van der Waals surface area (Å²) in [5, 5.41) is 7.59. The van der Waals surface area contributed by atoms with Crippen LogP contribution in [0.15, 0.2) is 52.0 Å². The fraction of sp³-hybridized carbons (Fsp3) is 0.136. The Bertz CT molecular complexity index is 1360. The fourth-order valence-electron chi connectivity index (χ4n) is 2.97. The molecule has 9 heteroatoms. The molecule has 2 aromatic carbocycles. The second-order valence-electron chi connectivity index (χ2n) is 6.75. The SMILES string of the molecule is COC(=O)c1sc(NN=c2cc(-c3ccc(Cl)cc3)oc3cc(C)c(Cl)cc23)nc1C. The van der Waals surface area contributed by atoms with Crippen molar-refractivity contribution in [3.63, 3.8) is 0 Å². The molecule has 0 radical (unpaired) electrons. The Morgan fingerprint density at radius 2 is 1.90 bits per heavy atom. The maximum absolute atomic E-state index is 11.8. The summed E-state index contributed by atoms with van der Waals surface area (Å²) in [6.07, 6.45) is 0. The number of fused-ring (bicyclic) bond motifs is 1. The molecule has 158 valence electrons. The lowest BCUT2D eigenvalue weighted by atomic mass is 10.1. The third-order valence-electron chi connectivity index (χ3n) is 4.59. The molecule has 0 aliphatic carbocycles. The van der Waals surface area contributed by atoms with Gasteiger partial charge >= 0.3 is 5.97 Å². The zero-order valence-corrected chi connectivity index (χ0v) is 19.2. The molecule has 0 aliphatic heterocycles. The van der Waals surface area contributed by atoms with Crippen LogP contribution in [0.1, 0.15) is 20.9 Å². The summed E-state index contributed by atoms with van der Waals surface area (Å²) in [5.74, 6) is 0.191. The van der Waals surface area contributed by atoms with E-state index in [4.69, 9.17) is 32.4 Å². The van der Waals surface area contributed by atoms with Crippen LogP contribution in [0.4, 0.5) is 5.13 Å². The number of hydrogen-bond donors (Lipinski definition) is 1. The summed E-state index contributed by atoms with van der Waals surface area (Å²) < 4.78 is 10.9. The van der Waals surface area contributed by atoms with Crippen LogP contribution in [-0.2, 0) is 4.74 Å². The molecule has 0 unspecified atom stereocenters. The number of methoxy groups -OCH3 is 1. The van der Waals surface area contributed by atoms with Gasteiger partial charge in [-0.3, -0.25) is 5.43 Å². The van der Waals surface area contributed by atoms with E-state index in [-0.39, 0.29) is 0 Å². The van der Waals surface area contributed by atoms with E-state index in [1.807, 2.05) is 37.3 Å². The molecule has 31 heavy (non-hydrogen) atoms. The number of nitrogens with zero attached hydrogens (tertiary/aromatic N) is 2. The van der Waals surface area contributed by atoms with Crippen molar-refractivity contribution in [1.29, 1.82) is 0 Å². The molecule has 0 bridgehead atoms. The maximum atomic E-state index is 11.8. The van der Waals surface area contributed by atoms with Gasteiger partial charge in [0.1, 0.15) is 16.2 Å². The molecule has 0 aliphatic rings. The Kier molecular flexibility index (Phi) is 6.00. The number of benzene rings is 2. The summed E-state index contributed by atoms with van der Waals surface area (Å²) in [6.45, 7) is 3.65. The first kappa shape index (κ1) is 21.4. The minimum absolute atomic E-state index is 0.425. The van der Waals surface area contributed by atoms with Crippen molar-refractivity contribution in [2.24, 2.45) is 5.10 Å². The van der Waals surface area contributed by atoms with Gasteiger partial charge in [0.25, 0.3) is 0 Å². The van der Waals surface area contributed by atoms with E-state index < -0.39 is 5.97 Å². The molecule has 0 atom stereocenters. The van der Waals surface area contributed by atoms with E-state index in [2.05, 4.69) is 15.5 Å². The molecule has 0 spiro atoms. The normalized spacial score (nSPS) is 11.7. The summed E-state index contributed by atoms with van der Waals surface area (Å²) >= 11 is 13.5. The number of esters is 1. The summed E-state index contributed by atoms with van der Waals surface area (Å²) in [4.78, 5) is 16.6. The number of nitrogens with one attached hydrogen (secondary N) is 1. The number of ether oxygens (including phenoxy) is 1. The van der Waals surface area contributed by atoms with E-state index in [9.17, 15) is 4.79 Å². The molecule has 4 aromatic rings. The zero-order chi connectivity index (χ0) is 22.1. The van der Waals surface area contributed by atoms with Crippen LogP contribution < -0.4 is 10.8 Å². The van der Waals surface area contributed by atoms with Crippen LogP contribution in [0.25, 0.3) is 22.3 Å². The van der Waals surface area contributed by atoms with Crippen molar-refractivity contribution < 1.29 is 13.9 Å². The molecular weight excluding hydrogens is 457 g/mol. The van der Waals surface area contributed by atoms with Crippen molar-refractivity contribution >= 4 is 56.6 Å². The molecule has 6 nitrogen and oxygen atoms in total. The van der Waals surface area contributed by atoms with Gasteiger partial charge in [0.15, 0.2) is 0 Å². The Morgan fingerprint density at radius 1 is 1.16 bits per heavy atom. The van der Waals surface area contributed by atoms with E-state index in [1.54, 1.807) is 19.1 Å². The first-order valence-corrected chi connectivity index (χ1v) is 10.8. The van der Waals surface area contributed by atoms with Crippen LogP contribution in [0.3, 0.4) is 0 Å². The van der Waals surface area contributed by atoms with Gasteiger partial charge in [-0.25, -0.2) is 9.78 Å². The topological polar surface area (TPSA) is 76.7 Å². The van der Waals surface area contributed by atoms with Crippen molar-refractivity contribution in [2.75, 3.05) is 12.5 Å². The molecular formula is C22H17Cl2N3O3S. The van der Waals surface area contributed by atoms with E-state index in [0.717, 1.165) is 16.5 Å². The summed E-state index contributed by atoms with van der Waals surface area (Å²) in [7, 11) is 1.34. The Balaban J connectivity index is 1.84. The predicted molar refractivity (Wildman–Crippen MR) is 124 cm³/mol. The van der Waals surface area contributed by atoms with Crippen molar-refractivity contribution in [1.82, 2.24) is 4.98 Å². The maximum Gasteiger partial charge on any atom is 0.350 e. The summed E-state index contributed by atoms with van der Waals surface area (Å²) in [5.41, 5.74) is 5.89. The Hall–Kier alpha value is -2.87. The van der Waals surface area contributed by atoms with Gasteiger partial charge in [-0.1, -0.05) is 34.5 Å². The average molecular weight is 474 g/mol. The van der Waals surface area contributed by atoms with Gasteiger partial charge in [0, 0.05) is 27.1 Å². The number of carbonyl (C=O) groups is 1. The second-order valence-corrected chi connectivity index (χ2v) is 8.59. The number of aromatic nitrogens is 1. The van der Waals surface area contributed by atoms with E-state index in [1.165, 1.54) is 18.4 Å². The number of rotatable bonds is 4. The number of hydrogen-bond acceptors (Lipinski definition) is 7. The highest BCUT2D eigenvalue weighted by Crippen LogP contribution is 2.27. The van der Waals surface area contributed by atoms with Crippen LogP contribution in [0.5, 0.6) is 0 Å². The lowest BCUT2D eigenvalue weighted by Gasteiger charge is -2.07. The highest BCUT2D eigenvalue weighted by Gasteiger charge is 2.15. The number of thiazole rings is 1. The minimum atomic E-state index is -0.431. The van der Waals surface area contributed by atoms with Crippen molar-refractivity contribution in [3.8, 4) is 11.3 Å². The smallest absolute Gasteiger partial charge is 0.350 e. The van der Waals surface area contributed by atoms with Gasteiger partial charge in [0.05, 0.1) is 18.2 Å². The molecule has 0 amide bonds. The molecule has 4 rings (SSSR count). The highest BCUT2D eigenvalue weighted by atomic mass is 35.5. The number of carbonyl (C=O) groups excluding carboxylic acids is 1. The van der Waals surface area contributed by atoms with Crippen LogP contribution in [0, 0.1) is 13.8 Å². The molecule has 2 aromatic heterocycles. The van der Waals surface area contributed by atoms with E-state index in [0.29, 0.717) is 42.4 Å². The molecule has 0 fully saturated rings.